The second-order valence-corrected chi connectivity index (χ2v) is 4.44. The first-order valence-electron chi connectivity index (χ1n) is 6.09. The van der Waals surface area contributed by atoms with Crippen molar-refractivity contribution in [1.82, 2.24) is 20.6 Å². The quantitative estimate of drug-likeness (QED) is 0.924. The van der Waals surface area contributed by atoms with Gasteiger partial charge in [-0.15, -0.1) is 10.2 Å². The minimum absolute atomic E-state index is 0.460. The zero-order chi connectivity index (χ0) is 14.9. The van der Waals surface area contributed by atoms with Crippen LogP contribution in [0, 0.1) is 0 Å². The first-order valence-corrected chi connectivity index (χ1v) is 6.09. The van der Waals surface area contributed by atoms with Gasteiger partial charge in [0, 0.05) is 17.5 Å². The van der Waals surface area contributed by atoms with Crippen molar-refractivity contribution in [2.75, 3.05) is 11.4 Å². The van der Waals surface area contributed by atoms with Gasteiger partial charge in [-0.2, -0.15) is 18.4 Å². The van der Waals surface area contributed by atoms with E-state index in [0.29, 0.717) is 18.1 Å². The highest BCUT2D eigenvalue weighted by Gasteiger charge is 2.30. The zero-order valence-electron chi connectivity index (χ0n) is 10.7. The third-order valence-corrected chi connectivity index (χ3v) is 3.06. The number of hydrogen-bond donors (Lipinski definition) is 1. The van der Waals surface area contributed by atoms with Gasteiger partial charge in [0.1, 0.15) is 0 Å². The van der Waals surface area contributed by atoms with Gasteiger partial charge in [0.05, 0.1) is 12.1 Å². The molecule has 3 rings (SSSR count). The Kier molecular flexibility index (Phi) is 3.20. The minimum atomic E-state index is -4.33. The minimum Gasteiger partial charge on any atom is -0.343 e. The standard InChI is InChI=1S/C13H10F3N5/c14-13(15,16)10-3-5-11(6-4-10)21-7-1-2-9(8-21)12-17-19-20-18-12/h1-7H,8H2,(H,17,18,19,20). The number of nitrogens with one attached hydrogen (secondary N) is 1. The van der Waals surface area contributed by atoms with E-state index in [4.69, 9.17) is 0 Å². The van der Waals surface area contributed by atoms with Crippen LogP contribution in [-0.2, 0) is 6.18 Å². The first-order chi connectivity index (χ1) is 10.0. The van der Waals surface area contributed by atoms with Crippen molar-refractivity contribution in [2.45, 2.75) is 6.18 Å². The Bertz CT molecular complexity index is 671. The van der Waals surface area contributed by atoms with Crippen LogP contribution in [0.4, 0.5) is 18.9 Å². The molecule has 21 heavy (non-hydrogen) atoms. The highest BCUT2D eigenvalue weighted by atomic mass is 19.4. The van der Waals surface area contributed by atoms with E-state index in [1.807, 2.05) is 11.0 Å². The number of rotatable bonds is 2. The van der Waals surface area contributed by atoms with Crippen molar-refractivity contribution in [1.29, 1.82) is 0 Å². The van der Waals surface area contributed by atoms with Gasteiger partial charge in [0.2, 0.25) is 5.82 Å². The number of nitrogens with zero attached hydrogens (tertiary/aromatic N) is 4. The van der Waals surface area contributed by atoms with Gasteiger partial charge in [0.15, 0.2) is 0 Å². The number of alkyl halides is 3. The fraction of sp³-hybridized carbons (Fsp3) is 0.154. The van der Waals surface area contributed by atoms with Gasteiger partial charge in [-0.05, 0) is 35.6 Å². The molecule has 108 valence electrons. The molecule has 0 bridgehead atoms. The Labute approximate surface area is 117 Å². The van der Waals surface area contributed by atoms with Gasteiger partial charge < -0.3 is 4.90 Å². The van der Waals surface area contributed by atoms with E-state index in [1.54, 1.807) is 12.3 Å². The van der Waals surface area contributed by atoms with E-state index in [2.05, 4.69) is 20.6 Å². The highest BCUT2D eigenvalue weighted by Crippen LogP contribution is 2.31. The molecule has 1 aliphatic heterocycles. The van der Waals surface area contributed by atoms with Crippen molar-refractivity contribution in [2.24, 2.45) is 0 Å². The fourth-order valence-corrected chi connectivity index (χ4v) is 2.01. The number of hydrogen-bond acceptors (Lipinski definition) is 4. The van der Waals surface area contributed by atoms with Gasteiger partial charge in [-0.1, -0.05) is 6.08 Å². The Hall–Kier alpha value is -2.64. The van der Waals surface area contributed by atoms with Crippen LogP contribution in [0.2, 0.25) is 0 Å². The number of H-pyrrole nitrogens is 1. The molecule has 0 amide bonds. The van der Waals surface area contributed by atoms with Crippen LogP contribution >= 0.6 is 0 Å². The SMILES string of the molecule is FC(F)(F)c1ccc(N2C=CC=C(c3nn[nH]n3)C2)cc1. The molecule has 1 N–H and O–H groups in total. The fourth-order valence-electron chi connectivity index (χ4n) is 2.01. The van der Waals surface area contributed by atoms with E-state index >= 15 is 0 Å². The summed E-state index contributed by atoms with van der Waals surface area (Å²) in [6.45, 7) is 0.460. The zero-order valence-corrected chi connectivity index (χ0v) is 10.7. The summed E-state index contributed by atoms with van der Waals surface area (Å²) in [5.74, 6) is 0.469. The number of halogens is 3. The summed E-state index contributed by atoms with van der Waals surface area (Å²) in [4.78, 5) is 1.81. The van der Waals surface area contributed by atoms with E-state index in [0.717, 1.165) is 17.7 Å². The molecule has 2 aromatic rings. The summed E-state index contributed by atoms with van der Waals surface area (Å²) in [7, 11) is 0. The molecule has 0 radical (unpaired) electrons. The molecule has 5 nitrogen and oxygen atoms in total. The van der Waals surface area contributed by atoms with Crippen LogP contribution in [-0.4, -0.2) is 27.2 Å². The highest BCUT2D eigenvalue weighted by molar-refractivity contribution is 5.70. The van der Waals surface area contributed by atoms with Gasteiger partial charge in [0.25, 0.3) is 0 Å². The summed E-state index contributed by atoms with van der Waals surface area (Å²) >= 11 is 0. The summed E-state index contributed by atoms with van der Waals surface area (Å²) in [6, 6.07) is 5.00. The van der Waals surface area contributed by atoms with E-state index < -0.39 is 11.7 Å². The van der Waals surface area contributed by atoms with Gasteiger partial charge >= 0.3 is 6.18 Å². The molecule has 0 saturated heterocycles. The third kappa shape index (κ3) is 2.78. The van der Waals surface area contributed by atoms with Crippen LogP contribution in [0.5, 0.6) is 0 Å². The van der Waals surface area contributed by atoms with Gasteiger partial charge in [-0.25, -0.2) is 0 Å². The number of aromatic amines is 1. The molecule has 1 aromatic carbocycles. The average molecular weight is 293 g/mol. The lowest BCUT2D eigenvalue weighted by atomic mass is 10.1. The molecular formula is C13H10F3N5. The van der Waals surface area contributed by atoms with E-state index in [9.17, 15) is 13.2 Å². The van der Waals surface area contributed by atoms with E-state index in [1.165, 1.54) is 12.1 Å². The molecular weight excluding hydrogens is 283 g/mol. The largest absolute Gasteiger partial charge is 0.416 e. The van der Waals surface area contributed by atoms with Crippen molar-refractivity contribution in [3.05, 3.63) is 54.0 Å². The summed E-state index contributed by atoms with van der Waals surface area (Å²) < 4.78 is 37.6. The molecule has 8 heteroatoms. The van der Waals surface area contributed by atoms with Gasteiger partial charge in [-0.3, -0.25) is 0 Å². The monoisotopic (exact) mass is 293 g/mol. The molecule has 1 aliphatic rings. The Balaban J connectivity index is 1.80. The molecule has 0 spiro atoms. The van der Waals surface area contributed by atoms with Crippen LogP contribution in [0.15, 0.2) is 42.6 Å². The normalized spacial score (nSPS) is 15.2. The number of tetrazole rings is 1. The van der Waals surface area contributed by atoms with Crippen LogP contribution in [0.1, 0.15) is 11.4 Å². The predicted octanol–water partition coefficient (Wildman–Crippen LogP) is 2.64. The maximum Gasteiger partial charge on any atom is 0.416 e. The molecule has 1 aromatic heterocycles. The smallest absolute Gasteiger partial charge is 0.343 e. The Morgan fingerprint density at radius 2 is 1.90 bits per heavy atom. The van der Waals surface area contributed by atoms with Crippen LogP contribution in [0.3, 0.4) is 0 Å². The maximum absolute atomic E-state index is 12.5. The molecule has 0 fully saturated rings. The topological polar surface area (TPSA) is 57.7 Å². The van der Waals surface area contributed by atoms with Crippen molar-refractivity contribution < 1.29 is 13.2 Å². The second kappa shape index (κ2) is 5.04. The summed E-state index contributed by atoms with van der Waals surface area (Å²) in [5.41, 5.74) is 0.820. The number of benzene rings is 1. The molecule has 0 unspecified atom stereocenters. The lowest BCUT2D eigenvalue weighted by Crippen LogP contribution is -2.21. The van der Waals surface area contributed by atoms with Crippen LogP contribution in [0.25, 0.3) is 5.57 Å². The lowest BCUT2D eigenvalue weighted by Gasteiger charge is -2.24. The summed E-state index contributed by atoms with van der Waals surface area (Å²) in [6.07, 6.45) is 1.08. The van der Waals surface area contributed by atoms with Crippen molar-refractivity contribution in [3.8, 4) is 0 Å². The molecule has 0 aliphatic carbocycles. The molecule has 0 saturated carbocycles. The Morgan fingerprint density at radius 1 is 1.14 bits per heavy atom. The lowest BCUT2D eigenvalue weighted by molar-refractivity contribution is -0.137. The maximum atomic E-state index is 12.5. The summed E-state index contributed by atoms with van der Waals surface area (Å²) in [5, 5.41) is 13.6. The average Bonchev–Trinajstić information content (AvgIpc) is 3.01. The predicted molar refractivity (Wildman–Crippen MR) is 70.1 cm³/mol. The number of anilines is 1. The molecule has 2 heterocycles. The third-order valence-electron chi connectivity index (χ3n) is 3.06. The van der Waals surface area contributed by atoms with Crippen LogP contribution < -0.4 is 4.90 Å². The van der Waals surface area contributed by atoms with E-state index in [-0.39, 0.29) is 0 Å². The first kappa shape index (κ1) is 13.3. The number of allylic oxidation sites excluding steroid dienone is 2. The molecule has 0 atom stereocenters. The second-order valence-electron chi connectivity index (χ2n) is 4.44. The van der Waals surface area contributed by atoms with Crippen molar-refractivity contribution in [3.63, 3.8) is 0 Å². The number of aromatic nitrogens is 4. The van der Waals surface area contributed by atoms with Crippen molar-refractivity contribution >= 4 is 11.3 Å². The Morgan fingerprint density at radius 3 is 2.52 bits per heavy atom.